The summed E-state index contributed by atoms with van der Waals surface area (Å²) in [7, 11) is 0. The lowest BCUT2D eigenvalue weighted by Gasteiger charge is -2.48. The van der Waals surface area contributed by atoms with Crippen molar-refractivity contribution in [3.8, 4) is 0 Å². The standard InChI is InChI=1S/C22H36FN3O/c1-4-13-27-18-5-9-22(3,10-6-18)26-11-7-17(8-12-26)25-20-15-16(2)14-19(23)21(20)24/h14-15,17-18,25H,4-13,24H2,1-3H3/t18-,22-. The van der Waals surface area contributed by atoms with Crippen LogP contribution in [0.4, 0.5) is 15.8 Å². The first kappa shape index (κ1) is 20.4. The molecule has 0 amide bonds. The minimum atomic E-state index is -0.329. The first-order valence-electron chi connectivity index (χ1n) is 10.6. The molecule has 0 radical (unpaired) electrons. The van der Waals surface area contributed by atoms with Gasteiger partial charge in [-0.25, -0.2) is 4.39 Å². The molecule has 0 atom stereocenters. The summed E-state index contributed by atoms with van der Waals surface area (Å²) in [6.07, 6.45) is 8.48. The monoisotopic (exact) mass is 377 g/mol. The normalized spacial score (nSPS) is 27.6. The van der Waals surface area contributed by atoms with E-state index < -0.39 is 0 Å². The van der Waals surface area contributed by atoms with Gasteiger partial charge in [0, 0.05) is 31.3 Å². The van der Waals surface area contributed by atoms with Crippen LogP contribution in [-0.2, 0) is 4.74 Å². The summed E-state index contributed by atoms with van der Waals surface area (Å²) >= 11 is 0. The minimum Gasteiger partial charge on any atom is -0.395 e. The van der Waals surface area contributed by atoms with Crippen LogP contribution >= 0.6 is 0 Å². The summed E-state index contributed by atoms with van der Waals surface area (Å²) in [4.78, 5) is 2.67. The average Bonchev–Trinajstić information content (AvgIpc) is 2.66. The zero-order valence-electron chi connectivity index (χ0n) is 17.2. The minimum absolute atomic E-state index is 0.236. The molecule has 1 aromatic rings. The summed E-state index contributed by atoms with van der Waals surface area (Å²) in [6, 6.07) is 3.80. The molecular formula is C22H36FN3O. The lowest BCUT2D eigenvalue weighted by atomic mass is 9.79. The fourth-order valence-electron chi connectivity index (χ4n) is 4.64. The zero-order chi connectivity index (χ0) is 19.4. The molecule has 0 bridgehead atoms. The number of aryl methyl sites for hydroxylation is 1. The van der Waals surface area contributed by atoms with Gasteiger partial charge < -0.3 is 15.8 Å². The van der Waals surface area contributed by atoms with Gasteiger partial charge in [-0.15, -0.1) is 0 Å². The van der Waals surface area contributed by atoms with Crippen LogP contribution in [0, 0.1) is 12.7 Å². The molecule has 1 heterocycles. The molecular weight excluding hydrogens is 341 g/mol. The number of hydrogen-bond acceptors (Lipinski definition) is 4. The average molecular weight is 378 g/mol. The third kappa shape index (κ3) is 4.94. The number of rotatable bonds is 6. The SMILES string of the molecule is CCCO[C@H]1CC[C@](C)(N2CCC(Nc3cc(C)cc(F)c3N)CC2)CC1. The number of ether oxygens (including phenoxy) is 1. The maximum atomic E-state index is 13.9. The van der Waals surface area contributed by atoms with Gasteiger partial charge in [0.1, 0.15) is 5.82 Å². The van der Waals surface area contributed by atoms with Crippen LogP contribution in [0.5, 0.6) is 0 Å². The van der Waals surface area contributed by atoms with Gasteiger partial charge in [0.15, 0.2) is 0 Å². The Bertz CT molecular complexity index is 620. The number of piperidine rings is 1. The first-order valence-corrected chi connectivity index (χ1v) is 10.6. The number of hydrogen-bond donors (Lipinski definition) is 2. The van der Waals surface area contributed by atoms with Crippen LogP contribution in [-0.4, -0.2) is 42.3 Å². The molecule has 3 rings (SSSR count). The summed E-state index contributed by atoms with van der Waals surface area (Å²) < 4.78 is 19.8. The van der Waals surface area contributed by atoms with Crippen molar-refractivity contribution in [2.24, 2.45) is 0 Å². The molecule has 3 N–H and O–H groups in total. The van der Waals surface area contributed by atoms with Crippen molar-refractivity contribution < 1.29 is 9.13 Å². The van der Waals surface area contributed by atoms with Crippen molar-refractivity contribution in [2.75, 3.05) is 30.7 Å². The van der Waals surface area contributed by atoms with Crippen molar-refractivity contribution >= 4 is 11.4 Å². The van der Waals surface area contributed by atoms with Gasteiger partial charge in [-0.3, -0.25) is 4.90 Å². The third-order valence-electron chi connectivity index (χ3n) is 6.46. The van der Waals surface area contributed by atoms with E-state index in [2.05, 4.69) is 24.1 Å². The van der Waals surface area contributed by atoms with Crippen LogP contribution in [0.25, 0.3) is 0 Å². The highest BCUT2D eigenvalue weighted by molar-refractivity contribution is 5.68. The lowest BCUT2D eigenvalue weighted by molar-refractivity contribution is -0.0277. The number of anilines is 2. The van der Waals surface area contributed by atoms with Crippen LogP contribution in [0.15, 0.2) is 12.1 Å². The number of likely N-dealkylation sites (tertiary alicyclic amines) is 1. The van der Waals surface area contributed by atoms with E-state index in [1.54, 1.807) is 0 Å². The van der Waals surface area contributed by atoms with E-state index in [4.69, 9.17) is 10.5 Å². The first-order chi connectivity index (χ1) is 12.9. The van der Waals surface area contributed by atoms with E-state index in [9.17, 15) is 4.39 Å². The van der Waals surface area contributed by atoms with E-state index in [0.717, 1.165) is 50.2 Å². The number of nitrogen functional groups attached to an aromatic ring is 1. The Morgan fingerprint density at radius 3 is 2.52 bits per heavy atom. The number of nitrogens with zero attached hydrogens (tertiary/aromatic N) is 1. The van der Waals surface area contributed by atoms with Crippen molar-refractivity contribution in [2.45, 2.75) is 83.4 Å². The van der Waals surface area contributed by atoms with Gasteiger partial charge in [-0.2, -0.15) is 0 Å². The molecule has 2 fully saturated rings. The fraction of sp³-hybridized carbons (Fsp3) is 0.727. The van der Waals surface area contributed by atoms with E-state index in [-0.39, 0.29) is 11.5 Å². The molecule has 1 saturated heterocycles. The fourth-order valence-corrected chi connectivity index (χ4v) is 4.64. The van der Waals surface area contributed by atoms with Crippen molar-refractivity contribution in [3.63, 3.8) is 0 Å². The Labute approximate surface area is 163 Å². The van der Waals surface area contributed by atoms with E-state index in [1.807, 2.05) is 13.0 Å². The Morgan fingerprint density at radius 1 is 1.22 bits per heavy atom. The number of halogens is 1. The second-order valence-electron chi connectivity index (χ2n) is 8.68. The molecule has 5 heteroatoms. The van der Waals surface area contributed by atoms with Gasteiger partial charge >= 0.3 is 0 Å². The number of benzene rings is 1. The molecule has 0 spiro atoms. The van der Waals surface area contributed by atoms with E-state index >= 15 is 0 Å². The van der Waals surface area contributed by atoms with Gasteiger partial charge in [-0.1, -0.05) is 6.92 Å². The van der Waals surface area contributed by atoms with Gasteiger partial charge in [0.05, 0.1) is 17.5 Å². The highest BCUT2D eigenvalue weighted by Crippen LogP contribution is 2.37. The number of nitrogens with two attached hydrogens (primary N) is 1. The molecule has 0 unspecified atom stereocenters. The van der Waals surface area contributed by atoms with Gasteiger partial charge in [0.25, 0.3) is 0 Å². The van der Waals surface area contributed by atoms with Crippen molar-refractivity contribution in [1.82, 2.24) is 4.90 Å². The summed E-state index contributed by atoms with van der Waals surface area (Å²) in [6.45, 7) is 9.55. The van der Waals surface area contributed by atoms with Crippen LogP contribution in [0.3, 0.4) is 0 Å². The zero-order valence-corrected chi connectivity index (χ0v) is 17.2. The van der Waals surface area contributed by atoms with Crippen LogP contribution in [0.1, 0.15) is 64.4 Å². The Kier molecular flexibility index (Phi) is 6.64. The molecule has 1 aliphatic carbocycles. The Balaban J connectivity index is 1.51. The van der Waals surface area contributed by atoms with Crippen molar-refractivity contribution in [3.05, 3.63) is 23.5 Å². The van der Waals surface area contributed by atoms with Gasteiger partial charge in [-0.05, 0) is 76.5 Å². The second kappa shape index (κ2) is 8.78. The van der Waals surface area contributed by atoms with Crippen molar-refractivity contribution in [1.29, 1.82) is 0 Å². The maximum Gasteiger partial charge on any atom is 0.148 e. The van der Waals surface area contributed by atoms with E-state index in [0.29, 0.717) is 17.7 Å². The third-order valence-corrected chi connectivity index (χ3v) is 6.46. The van der Waals surface area contributed by atoms with Crippen LogP contribution in [0.2, 0.25) is 0 Å². The Morgan fingerprint density at radius 2 is 1.89 bits per heavy atom. The molecule has 152 valence electrons. The molecule has 1 aromatic carbocycles. The number of nitrogens with one attached hydrogen (secondary N) is 1. The second-order valence-corrected chi connectivity index (χ2v) is 8.68. The van der Waals surface area contributed by atoms with E-state index in [1.165, 1.54) is 31.7 Å². The topological polar surface area (TPSA) is 50.5 Å². The molecule has 1 aliphatic heterocycles. The molecule has 1 saturated carbocycles. The molecule has 27 heavy (non-hydrogen) atoms. The van der Waals surface area contributed by atoms with Gasteiger partial charge in [0.2, 0.25) is 0 Å². The van der Waals surface area contributed by atoms with Crippen LogP contribution < -0.4 is 11.1 Å². The lowest BCUT2D eigenvalue weighted by Crippen LogP contribution is -2.53. The highest BCUT2D eigenvalue weighted by Gasteiger charge is 2.38. The smallest absolute Gasteiger partial charge is 0.148 e. The maximum absolute atomic E-state index is 13.9. The highest BCUT2D eigenvalue weighted by atomic mass is 19.1. The Hall–Kier alpha value is -1.33. The molecule has 2 aliphatic rings. The summed E-state index contributed by atoms with van der Waals surface area (Å²) in [5.41, 5.74) is 8.10. The predicted molar refractivity (Wildman–Crippen MR) is 111 cm³/mol. The summed E-state index contributed by atoms with van der Waals surface area (Å²) in [5, 5.41) is 3.49. The summed E-state index contributed by atoms with van der Waals surface area (Å²) in [5.74, 6) is -0.329. The predicted octanol–water partition coefficient (Wildman–Crippen LogP) is 4.72. The molecule has 4 nitrogen and oxygen atoms in total. The quantitative estimate of drug-likeness (QED) is 0.704. The molecule has 0 aromatic heterocycles. The largest absolute Gasteiger partial charge is 0.395 e.